The molecule has 3 rings (SSSR count). The second kappa shape index (κ2) is 5.79. The van der Waals surface area contributed by atoms with Gasteiger partial charge in [-0.05, 0) is 6.07 Å². The van der Waals surface area contributed by atoms with Crippen molar-refractivity contribution in [3.63, 3.8) is 0 Å². The summed E-state index contributed by atoms with van der Waals surface area (Å²) in [5.74, 6) is -0.555. The third-order valence-electron chi connectivity index (χ3n) is 3.84. The summed E-state index contributed by atoms with van der Waals surface area (Å²) in [5, 5.41) is 3.05. The molecule has 1 N–H and O–H groups in total. The molecule has 0 aromatic heterocycles. The van der Waals surface area contributed by atoms with Crippen molar-refractivity contribution < 1.29 is 31.4 Å². The molecule has 2 aliphatic heterocycles. The Hall–Kier alpha value is -1.61. The average molecular weight is 338 g/mol. The summed E-state index contributed by atoms with van der Waals surface area (Å²) >= 11 is 0. The van der Waals surface area contributed by atoms with E-state index in [2.05, 4.69) is 14.8 Å². The summed E-state index contributed by atoms with van der Waals surface area (Å²) in [6.45, 7) is 1.86. The molecule has 1 aromatic carbocycles. The number of nitrogens with zero attached hydrogens (tertiary/aromatic N) is 1. The van der Waals surface area contributed by atoms with Crippen LogP contribution in [-0.4, -0.2) is 43.5 Å². The number of piperazine rings is 1. The molecule has 2 heterocycles. The van der Waals surface area contributed by atoms with Crippen LogP contribution >= 0.6 is 0 Å². The topological polar surface area (TPSA) is 33.7 Å². The van der Waals surface area contributed by atoms with E-state index < -0.39 is 24.9 Å². The molecule has 0 radical (unpaired) electrons. The Morgan fingerprint density at radius 1 is 1.17 bits per heavy atom. The van der Waals surface area contributed by atoms with E-state index in [4.69, 9.17) is 0 Å². The summed E-state index contributed by atoms with van der Waals surface area (Å²) in [5.41, 5.74) is 0.0684. The first-order valence-corrected chi connectivity index (χ1v) is 7.15. The Morgan fingerprint density at radius 3 is 2.52 bits per heavy atom. The highest BCUT2D eigenvalue weighted by Gasteiger charge is 2.46. The van der Waals surface area contributed by atoms with Crippen LogP contribution in [0.4, 0.5) is 22.0 Å². The maximum Gasteiger partial charge on any atom is 0.586 e. The number of fused-ring (bicyclic) bond motifs is 1. The van der Waals surface area contributed by atoms with Crippen LogP contribution in [0.5, 0.6) is 11.5 Å². The van der Waals surface area contributed by atoms with Gasteiger partial charge in [0.2, 0.25) is 0 Å². The molecule has 1 fully saturated rings. The maximum absolute atomic E-state index is 13.3. The van der Waals surface area contributed by atoms with E-state index in [9.17, 15) is 22.0 Å². The van der Waals surface area contributed by atoms with Gasteiger partial charge in [-0.3, -0.25) is 4.90 Å². The van der Waals surface area contributed by atoms with Gasteiger partial charge in [0.25, 0.3) is 0 Å². The first kappa shape index (κ1) is 16.3. The van der Waals surface area contributed by atoms with Crippen molar-refractivity contribution in [3.05, 3.63) is 23.8 Å². The van der Waals surface area contributed by atoms with Crippen LogP contribution in [0.3, 0.4) is 0 Å². The Bertz CT molecular complexity index is 573. The van der Waals surface area contributed by atoms with Crippen LogP contribution in [0.2, 0.25) is 0 Å². The number of hydrogen-bond donors (Lipinski definition) is 1. The zero-order valence-corrected chi connectivity index (χ0v) is 12.0. The Morgan fingerprint density at radius 2 is 1.87 bits per heavy atom. The van der Waals surface area contributed by atoms with Gasteiger partial charge in [-0.2, -0.15) is 13.2 Å². The molecule has 2 aliphatic rings. The third-order valence-corrected chi connectivity index (χ3v) is 3.84. The molecule has 23 heavy (non-hydrogen) atoms. The lowest BCUT2D eigenvalue weighted by Gasteiger charge is -2.35. The zero-order chi connectivity index (χ0) is 16.7. The lowest BCUT2D eigenvalue weighted by Crippen LogP contribution is -2.46. The Balaban J connectivity index is 1.96. The SMILES string of the molecule is FC(F)(F)C[C@H](c1cccc2c1OC(F)(F)O2)N1CCNCC1. The van der Waals surface area contributed by atoms with Gasteiger partial charge in [0.15, 0.2) is 11.5 Å². The van der Waals surface area contributed by atoms with Crippen LogP contribution in [0.25, 0.3) is 0 Å². The first-order valence-electron chi connectivity index (χ1n) is 7.15. The number of halogens is 5. The highest BCUT2D eigenvalue weighted by Crippen LogP contribution is 2.48. The van der Waals surface area contributed by atoms with Gasteiger partial charge >= 0.3 is 12.5 Å². The van der Waals surface area contributed by atoms with Gasteiger partial charge in [-0.1, -0.05) is 12.1 Å². The predicted octanol–water partition coefficient (Wildman–Crippen LogP) is 2.91. The monoisotopic (exact) mass is 338 g/mol. The summed E-state index contributed by atoms with van der Waals surface area (Å²) in [7, 11) is 0. The molecule has 1 aromatic rings. The van der Waals surface area contributed by atoms with E-state index in [0.717, 1.165) is 0 Å². The van der Waals surface area contributed by atoms with E-state index in [1.54, 1.807) is 4.90 Å². The van der Waals surface area contributed by atoms with Gasteiger partial charge in [-0.15, -0.1) is 8.78 Å². The van der Waals surface area contributed by atoms with Gasteiger partial charge in [0.05, 0.1) is 6.42 Å². The smallest absolute Gasteiger partial charge is 0.395 e. The molecule has 128 valence electrons. The molecule has 0 spiro atoms. The minimum Gasteiger partial charge on any atom is -0.395 e. The number of alkyl halides is 5. The van der Waals surface area contributed by atoms with Gasteiger partial charge in [0, 0.05) is 37.8 Å². The molecule has 0 saturated carbocycles. The van der Waals surface area contributed by atoms with Crippen molar-refractivity contribution in [3.8, 4) is 11.5 Å². The molecule has 0 amide bonds. The third kappa shape index (κ3) is 3.66. The lowest BCUT2D eigenvalue weighted by atomic mass is 9.99. The van der Waals surface area contributed by atoms with Crippen molar-refractivity contribution in [2.45, 2.75) is 24.9 Å². The van der Waals surface area contributed by atoms with E-state index in [1.165, 1.54) is 18.2 Å². The molecule has 0 unspecified atom stereocenters. The lowest BCUT2D eigenvalue weighted by molar-refractivity contribution is -0.287. The fourth-order valence-corrected chi connectivity index (χ4v) is 2.90. The molecule has 1 saturated heterocycles. The molecule has 1 atom stereocenters. The average Bonchev–Trinajstić information content (AvgIpc) is 2.78. The van der Waals surface area contributed by atoms with Crippen LogP contribution in [0, 0.1) is 0 Å². The van der Waals surface area contributed by atoms with Crippen LogP contribution in [0.1, 0.15) is 18.0 Å². The second-order valence-electron chi connectivity index (χ2n) is 5.46. The number of hydrogen-bond acceptors (Lipinski definition) is 4. The predicted molar refractivity (Wildman–Crippen MR) is 70.5 cm³/mol. The van der Waals surface area contributed by atoms with E-state index in [-0.39, 0.29) is 17.1 Å². The van der Waals surface area contributed by atoms with Crippen molar-refractivity contribution in [2.75, 3.05) is 26.2 Å². The highest BCUT2D eigenvalue weighted by atomic mass is 19.4. The van der Waals surface area contributed by atoms with E-state index in [0.29, 0.717) is 26.2 Å². The molecule has 0 bridgehead atoms. The number of nitrogens with one attached hydrogen (secondary N) is 1. The minimum atomic E-state index is -4.43. The van der Waals surface area contributed by atoms with Gasteiger partial charge < -0.3 is 14.8 Å². The summed E-state index contributed by atoms with van der Waals surface area (Å²) < 4.78 is 74.3. The molecular formula is C14H15F5N2O2. The van der Waals surface area contributed by atoms with Gasteiger partial charge in [-0.25, -0.2) is 0 Å². The summed E-state index contributed by atoms with van der Waals surface area (Å²) in [6, 6.07) is 2.93. The van der Waals surface area contributed by atoms with Crippen LogP contribution in [0.15, 0.2) is 18.2 Å². The zero-order valence-electron chi connectivity index (χ0n) is 12.0. The standard InChI is InChI=1S/C14H15F5N2O2/c15-13(16,17)8-10(21-6-4-20-5-7-21)9-2-1-3-11-12(9)23-14(18,19)22-11/h1-3,10,20H,4-8H2/t10-/m1/s1. The van der Waals surface area contributed by atoms with Crippen molar-refractivity contribution in [1.29, 1.82) is 0 Å². The fraction of sp³-hybridized carbons (Fsp3) is 0.571. The number of para-hydroxylation sites is 1. The normalized spacial score (nSPS) is 22.1. The minimum absolute atomic E-state index is 0.0684. The number of rotatable bonds is 3. The number of benzene rings is 1. The maximum atomic E-state index is 13.3. The van der Waals surface area contributed by atoms with Crippen LogP contribution < -0.4 is 14.8 Å². The van der Waals surface area contributed by atoms with E-state index in [1.807, 2.05) is 0 Å². The van der Waals surface area contributed by atoms with Gasteiger partial charge in [0.1, 0.15) is 0 Å². The molecule has 0 aliphatic carbocycles. The largest absolute Gasteiger partial charge is 0.586 e. The van der Waals surface area contributed by atoms with Crippen molar-refractivity contribution in [1.82, 2.24) is 10.2 Å². The Labute approximate surface area is 129 Å². The second-order valence-corrected chi connectivity index (χ2v) is 5.46. The summed E-state index contributed by atoms with van der Waals surface area (Å²) in [6.07, 6.45) is -9.43. The highest BCUT2D eigenvalue weighted by molar-refractivity contribution is 5.50. The number of ether oxygens (including phenoxy) is 2. The van der Waals surface area contributed by atoms with E-state index >= 15 is 0 Å². The molecule has 9 heteroatoms. The summed E-state index contributed by atoms with van der Waals surface area (Å²) in [4.78, 5) is 1.62. The Kier molecular flexibility index (Phi) is 4.09. The quantitative estimate of drug-likeness (QED) is 0.860. The fourth-order valence-electron chi connectivity index (χ4n) is 2.90. The molecule has 4 nitrogen and oxygen atoms in total. The van der Waals surface area contributed by atoms with Crippen molar-refractivity contribution in [2.24, 2.45) is 0 Å². The van der Waals surface area contributed by atoms with Crippen molar-refractivity contribution >= 4 is 0 Å². The molecular weight excluding hydrogens is 323 g/mol. The van der Waals surface area contributed by atoms with Crippen LogP contribution in [-0.2, 0) is 0 Å². The first-order chi connectivity index (χ1) is 10.8.